The normalized spacial score (nSPS) is 27.2. The van der Waals surface area contributed by atoms with E-state index in [1.807, 2.05) is 30.4 Å². The van der Waals surface area contributed by atoms with Crippen LogP contribution < -0.4 is 0 Å². The Morgan fingerprint density at radius 2 is 2.16 bits per heavy atom. The molecule has 4 heteroatoms. The lowest BCUT2D eigenvalue weighted by molar-refractivity contribution is -0.142. The Kier molecular flexibility index (Phi) is 3.83. The summed E-state index contributed by atoms with van der Waals surface area (Å²) in [7, 11) is 0. The molecule has 4 nitrogen and oxygen atoms in total. The molecule has 2 aliphatic heterocycles. The van der Waals surface area contributed by atoms with Gasteiger partial charge in [0, 0.05) is 6.54 Å². The van der Waals surface area contributed by atoms with Crippen LogP contribution in [0.25, 0.3) is 6.08 Å². The van der Waals surface area contributed by atoms with E-state index in [9.17, 15) is 9.90 Å². The molecule has 25 heavy (non-hydrogen) atoms. The van der Waals surface area contributed by atoms with Gasteiger partial charge in [-0.15, -0.1) is 0 Å². The summed E-state index contributed by atoms with van der Waals surface area (Å²) in [6.45, 7) is 2.95. The van der Waals surface area contributed by atoms with Crippen molar-refractivity contribution < 1.29 is 9.90 Å². The number of aliphatic imine (C=N–C) groups is 1. The first kappa shape index (κ1) is 15.9. The number of fused-ring (bicyclic) bond motifs is 3. The first-order chi connectivity index (χ1) is 12.1. The second-order valence-electron chi connectivity index (χ2n) is 6.98. The maximum atomic E-state index is 11.6. The van der Waals surface area contributed by atoms with Crippen molar-refractivity contribution >= 4 is 17.9 Å². The molecule has 1 aromatic carbocycles. The summed E-state index contributed by atoms with van der Waals surface area (Å²) in [6.07, 6.45) is 10.6. The summed E-state index contributed by atoms with van der Waals surface area (Å²) in [6, 6.07) is 10.3. The van der Waals surface area contributed by atoms with Crippen LogP contribution in [0, 0.1) is 5.41 Å². The molecule has 1 aliphatic carbocycles. The molecule has 1 fully saturated rings. The van der Waals surface area contributed by atoms with Crippen LogP contribution >= 0.6 is 0 Å². The fourth-order valence-corrected chi connectivity index (χ4v) is 3.79. The van der Waals surface area contributed by atoms with Gasteiger partial charge in [0.25, 0.3) is 0 Å². The summed E-state index contributed by atoms with van der Waals surface area (Å²) < 4.78 is 0. The minimum Gasteiger partial charge on any atom is -0.481 e. The summed E-state index contributed by atoms with van der Waals surface area (Å²) in [5, 5.41) is 9.52. The zero-order valence-electron chi connectivity index (χ0n) is 14.4. The van der Waals surface area contributed by atoms with Gasteiger partial charge < -0.3 is 10.0 Å². The molecule has 0 aromatic heterocycles. The Labute approximate surface area is 147 Å². The maximum Gasteiger partial charge on any atom is 0.315 e. The predicted octanol–water partition coefficient (Wildman–Crippen LogP) is 3.88. The number of nitrogens with zero attached hydrogens (tertiary/aromatic N) is 2. The Morgan fingerprint density at radius 1 is 1.36 bits per heavy atom. The molecule has 3 aliphatic rings. The molecule has 2 heterocycles. The van der Waals surface area contributed by atoms with Gasteiger partial charge in [0.2, 0.25) is 0 Å². The highest BCUT2D eigenvalue weighted by Gasteiger charge is 2.63. The van der Waals surface area contributed by atoms with E-state index < -0.39 is 11.4 Å². The van der Waals surface area contributed by atoms with Crippen LogP contribution in [-0.2, 0) is 4.79 Å². The molecule has 0 bridgehead atoms. The molecule has 1 saturated carbocycles. The fourth-order valence-electron chi connectivity index (χ4n) is 3.79. The Morgan fingerprint density at radius 3 is 2.88 bits per heavy atom. The summed E-state index contributed by atoms with van der Waals surface area (Å²) >= 11 is 0. The van der Waals surface area contributed by atoms with Crippen molar-refractivity contribution in [1.82, 2.24) is 4.90 Å². The minimum atomic E-state index is -0.719. The quantitative estimate of drug-likeness (QED) is 0.889. The molecular weight excluding hydrogens is 312 g/mol. The second-order valence-corrected chi connectivity index (χ2v) is 6.98. The summed E-state index contributed by atoms with van der Waals surface area (Å²) in [5.74, 6) is 0.176. The van der Waals surface area contributed by atoms with Gasteiger partial charge in [0.15, 0.2) is 0 Å². The van der Waals surface area contributed by atoms with Crippen molar-refractivity contribution in [2.24, 2.45) is 10.4 Å². The molecule has 1 N–H and O–H groups in total. The van der Waals surface area contributed by atoms with Crippen LogP contribution in [0.3, 0.4) is 0 Å². The van der Waals surface area contributed by atoms with Crippen LogP contribution in [0.4, 0.5) is 0 Å². The zero-order chi connectivity index (χ0) is 17.4. The van der Waals surface area contributed by atoms with E-state index in [4.69, 9.17) is 4.99 Å². The number of hydrogen-bond acceptors (Lipinski definition) is 3. The van der Waals surface area contributed by atoms with Gasteiger partial charge in [-0.1, -0.05) is 55.8 Å². The largest absolute Gasteiger partial charge is 0.481 e. The van der Waals surface area contributed by atoms with Gasteiger partial charge in [-0.3, -0.25) is 4.79 Å². The predicted molar refractivity (Wildman–Crippen MR) is 99.2 cm³/mol. The first-order valence-corrected chi connectivity index (χ1v) is 8.87. The number of carboxylic acid groups (broad SMARTS) is 1. The number of carbonyl (C=O) groups is 1. The Hall–Kier alpha value is -2.62. The molecule has 0 spiro atoms. The average Bonchev–Trinajstić information content (AvgIpc) is 3.38. The highest BCUT2D eigenvalue weighted by Crippen LogP contribution is 2.54. The van der Waals surface area contributed by atoms with E-state index in [1.165, 1.54) is 5.57 Å². The minimum absolute atomic E-state index is 0.0558. The van der Waals surface area contributed by atoms with Gasteiger partial charge in [-0.25, -0.2) is 4.99 Å². The maximum absolute atomic E-state index is 11.6. The van der Waals surface area contributed by atoms with Crippen molar-refractivity contribution in [2.75, 3.05) is 6.54 Å². The molecule has 0 radical (unpaired) electrons. The topological polar surface area (TPSA) is 52.9 Å². The van der Waals surface area contributed by atoms with E-state index in [0.29, 0.717) is 6.42 Å². The molecule has 4 rings (SSSR count). The summed E-state index contributed by atoms with van der Waals surface area (Å²) in [4.78, 5) is 18.6. The number of carboxylic acids is 1. The van der Waals surface area contributed by atoms with Crippen LogP contribution in [0.5, 0.6) is 0 Å². The lowest BCUT2D eigenvalue weighted by atomic mass is 9.99. The molecule has 1 aromatic rings. The smallest absolute Gasteiger partial charge is 0.315 e. The second kappa shape index (κ2) is 6.03. The number of aliphatic carboxylic acids is 1. The van der Waals surface area contributed by atoms with Crippen molar-refractivity contribution in [1.29, 1.82) is 0 Å². The molecule has 128 valence electrons. The van der Waals surface area contributed by atoms with E-state index in [0.717, 1.165) is 36.5 Å². The van der Waals surface area contributed by atoms with Crippen molar-refractivity contribution in [3.8, 4) is 0 Å². The van der Waals surface area contributed by atoms with Gasteiger partial charge >= 0.3 is 5.97 Å². The van der Waals surface area contributed by atoms with Crippen LogP contribution in [0.1, 0.15) is 31.7 Å². The standard InChI is InChI=1S/C21H22N2O2/c1-2-6-16-14-23-18-13-21(18,20(24)25)12-11-19(23)22-17(16)10-9-15-7-4-3-5-8-15/h3-5,7-12,18H,2,6,13-14H2,1H3,(H,24,25)/b10-9+. The fraction of sp³-hybridized carbons (Fsp3) is 0.333. The van der Waals surface area contributed by atoms with Gasteiger partial charge in [-0.2, -0.15) is 0 Å². The highest BCUT2D eigenvalue weighted by atomic mass is 16.4. The molecule has 2 atom stereocenters. The first-order valence-electron chi connectivity index (χ1n) is 8.87. The van der Waals surface area contributed by atoms with Crippen molar-refractivity contribution in [2.45, 2.75) is 32.2 Å². The van der Waals surface area contributed by atoms with Crippen LogP contribution in [0.2, 0.25) is 0 Å². The van der Waals surface area contributed by atoms with Crippen LogP contribution in [-0.4, -0.2) is 34.4 Å². The lowest BCUT2D eigenvalue weighted by Crippen LogP contribution is -2.42. The number of rotatable bonds is 5. The Bertz CT molecular complexity index is 820. The van der Waals surface area contributed by atoms with E-state index in [-0.39, 0.29) is 6.04 Å². The van der Waals surface area contributed by atoms with E-state index in [2.05, 4.69) is 36.1 Å². The van der Waals surface area contributed by atoms with E-state index >= 15 is 0 Å². The monoisotopic (exact) mass is 334 g/mol. The summed E-state index contributed by atoms with van der Waals surface area (Å²) in [5.41, 5.74) is 2.78. The van der Waals surface area contributed by atoms with Crippen molar-refractivity contribution in [3.63, 3.8) is 0 Å². The van der Waals surface area contributed by atoms with Gasteiger partial charge in [0.05, 0.1) is 11.7 Å². The molecule has 0 amide bonds. The van der Waals surface area contributed by atoms with Crippen molar-refractivity contribution in [3.05, 3.63) is 65.4 Å². The third-order valence-corrected chi connectivity index (χ3v) is 5.31. The molecule has 2 unspecified atom stereocenters. The third-order valence-electron chi connectivity index (χ3n) is 5.31. The number of allylic oxidation sites excluding steroid dienone is 1. The third kappa shape index (κ3) is 2.72. The highest BCUT2D eigenvalue weighted by molar-refractivity contribution is 6.00. The molecule has 0 saturated heterocycles. The molecular formula is C21H22N2O2. The Balaban J connectivity index is 1.64. The van der Waals surface area contributed by atoms with Gasteiger partial charge in [-0.05, 0) is 36.1 Å². The number of benzene rings is 1. The zero-order valence-corrected chi connectivity index (χ0v) is 14.4. The average molecular weight is 334 g/mol. The van der Waals surface area contributed by atoms with Crippen LogP contribution in [0.15, 0.2) is 64.8 Å². The van der Waals surface area contributed by atoms with Gasteiger partial charge in [0.1, 0.15) is 11.3 Å². The number of hydrogen-bond donors (Lipinski definition) is 1. The number of amidine groups is 1. The lowest BCUT2D eigenvalue weighted by Gasteiger charge is -2.34. The SMILES string of the molecule is CCCC1=C(/C=C/c2ccccc2)N=C2C=CC3(C(=O)O)CC3N2C1. The van der Waals surface area contributed by atoms with E-state index in [1.54, 1.807) is 0 Å².